The molecule has 2 aliphatic rings. The molecule has 0 aliphatic heterocycles. The van der Waals surface area contributed by atoms with E-state index in [4.69, 9.17) is 19.4 Å². The van der Waals surface area contributed by atoms with Gasteiger partial charge in [-0.05, 0) is 83.3 Å². The molecule has 0 bridgehead atoms. The van der Waals surface area contributed by atoms with Crippen LogP contribution in [0.15, 0.2) is 138 Å². The van der Waals surface area contributed by atoms with Crippen molar-refractivity contribution in [3.63, 3.8) is 0 Å². The van der Waals surface area contributed by atoms with Crippen LogP contribution >= 0.6 is 0 Å². The Labute approximate surface area is 273 Å². The number of hydrogen-bond acceptors (Lipinski definition) is 4. The van der Waals surface area contributed by atoms with Crippen LogP contribution in [-0.4, -0.2) is 15.0 Å². The highest BCUT2D eigenvalue weighted by Gasteiger charge is 2.19. The zero-order valence-corrected chi connectivity index (χ0v) is 25.9. The van der Waals surface area contributed by atoms with Gasteiger partial charge in [-0.2, -0.15) is 0 Å². The van der Waals surface area contributed by atoms with Gasteiger partial charge >= 0.3 is 0 Å². The van der Waals surface area contributed by atoms with Crippen molar-refractivity contribution < 1.29 is 4.42 Å². The van der Waals surface area contributed by atoms with Crippen LogP contribution in [0.2, 0.25) is 0 Å². The van der Waals surface area contributed by atoms with Crippen molar-refractivity contribution >= 4 is 33.6 Å². The molecule has 0 saturated carbocycles. The zero-order chi connectivity index (χ0) is 31.2. The first-order valence-corrected chi connectivity index (χ1v) is 16.3. The number of hydrogen-bond donors (Lipinski definition) is 0. The second-order valence-corrected chi connectivity index (χ2v) is 12.2. The first-order chi connectivity index (χ1) is 23.3. The zero-order valence-electron chi connectivity index (χ0n) is 25.9. The lowest BCUT2D eigenvalue weighted by molar-refractivity contribution is 0.669. The fraction of sp³-hybridized carbons (Fsp3) is 0.0930. The third kappa shape index (κ3) is 5.08. The molecule has 4 heteroatoms. The molecule has 0 spiro atoms. The summed E-state index contributed by atoms with van der Waals surface area (Å²) in [4.78, 5) is 15.3. The maximum Gasteiger partial charge on any atom is 0.164 e. The van der Waals surface area contributed by atoms with Gasteiger partial charge in [0.2, 0.25) is 0 Å². The largest absolute Gasteiger partial charge is 0.456 e. The van der Waals surface area contributed by atoms with Gasteiger partial charge in [0.25, 0.3) is 0 Å². The minimum Gasteiger partial charge on any atom is -0.456 e. The number of aromatic nitrogens is 3. The third-order valence-electron chi connectivity index (χ3n) is 9.23. The lowest BCUT2D eigenvalue weighted by atomic mass is 9.95. The quantitative estimate of drug-likeness (QED) is 0.196. The standard InChI is InChI=1S/C43H31N3O/c1-3-10-28(11-4-1)31-18-21-32(22-19-31)41-44-42(35-23-20-30-14-7-8-15-33(30)26-35)46-43(45-41)37-16-9-17-38-40(37)36-25-24-34(27-39(36)47-38)29-12-5-2-6-13-29/h2-3,5-6,8-13,15-27H,1,4,7,14H2. The van der Waals surface area contributed by atoms with Crippen LogP contribution in [0.4, 0.5) is 0 Å². The molecule has 0 fully saturated rings. The van der Waals surface area contributed by atoms with Gasteiger partial charge in [0.05, 0.1) is 0 Å². The highest BCUT2D eigenvalue weighted by Crippen LogP contribution is 2.38. The summed E-state index contributed by atoms with van der Waals surface area (Å²) in [6.45, 7) is 0. The minimum atomic E-state index is 0.626. The predicted molar refractivity (Wildman–Crippen MR) is 193 cm³/mol. The van der Waals surface area contributed by atoms with Crippen LogP contribution in [0.3, 0.4) is 0 Å². The predicted octanol–water partition coefficient (Wildman–Crippen LogP) is 11.1. The number of nitrogens with zero attached hydrogens (tertiary/aromatic N) is 3. The van der Waals surface area contributed by atoms with Gasteiger partial charge in [-0.1, -0.05) is 115 Å². The first-order valence-electron chi connectivity index (χ1n) is 16.3. The van der Waals surface area contributed by atoms with Crippen molar-refractivity contribution in [2.75, 3.05) is 0 Å². The Morgan fingerprint density at radius 3 is 2.13 bits per heavy atom. The van der Waals surface area contributed by atoms with Crippen molar-refractivity contribution in [2.24, 2.45) is 0 Å². The number of furan rings is 1. The van der Waals surface area contributed by atoms with Crippen LogP contribution in [0.5, 0.6) is 0 Å². The average Bonchev–Trinajstić information content (AvgIpc) is 3.53. The Morgan fingerprint density at radius 1 is 0.511 bits per heavy atom. The van der Waals surface area contributed by atoms with E-state index in [1.54, 1.807) is 0 Å². The van der Waals surface area contributed by atoms with Crippen molar-refractivity contribution in [3.05, 3.63) is 150 Å². The van der Waals surface area contributed by atoms with Crippen LogP contribution < -0.4 is 0 Å². The molecular weight excluding hydrogens is 574 g/mol. The van der Waals surface area contributed by atoms with Gasteiger partial charge in [-0.15, -0.1) is 0 Å². The van der Waals surface area contributed by atoms with Gasteiger partial charge in [-0.3, -0.25) is 0 Å². The average molecular weight is 606 g/mol. The van der Waals surface area contributed by atoms with E-state index in [9.17, 15) is 0 Å². The molecule has 5 aromatic carbocycles. The molecule has 0 amide bonds. The first kappa shape index (κ1) is 27.4. The Kier molecular flexibility index (Phi) is 6.71. The molecule has 0 atom stereocenters. The second kappa shape index (κ2) is 11.5. The van der Waals surface area contributed by atoms with Gasteiger partial charge in [0.15, 0.2) is 17.5 Å². The Morgan fingerprint density at radius 2 is 1.28 bits per heavy atom. The monoisotopic (exact) mass is 605 g/mol. The Bertz CT molecular complexity index is 2400. The van der Waals surface area contributed by atoms with Crippen LogP contribution in [0.25, 0.3) is 78.9 Å². The van der Waals surface area contributed by atoms with E-state index >= 15 is 0 Å². The summed E-state index contributed by atoms with van der Waals surface area (Å²) < 4.78 is 6.45. The summed E-state index contributed by atoms with van der Waals surface area (Å²) in [6, 6.07) is 38.1. The molecule has 7 aromatic rings. The van der Waals surface area contributed by atoms with Gasteiger partial charge in [-0.25, -0.2) is 15.0 Å². The van der Waals surface area contributed by atoms with Crippen molar-refractivity contribution in [3.8, 4) is 45.3 Å². The molecule has 0 N–H and O–H groups in total. The molecule has 9 rings (SSSR count). The SMILES string of the molecule is C1=CC(c2ccc(-c3nc(-c4ccc5c(c4)C=CCC5)nc(-c4cccc5oc6cc(-c7ccccc7)ccc6c45)n3)cc2)=CCC1. The lowest BCUT2D eigenvalue weighted by Gasteiger charge is -2.13. The molecule has 2 heterocycles. The van der Waals surface area contributed by atoms with Crippen LogP contribution in [-0.2, 0) is 6.42 Å². The van der Waals surface area contributed by atoms with Crippen LogP contribution in [0, 0.1) is 0 Å². The van der Waals surface area contributed by atoms with E-state index in [0.717, 1.165) is 75.4 Å². The highest BCUT2D eigenvalue weighted by molar-refractivity contribution is 6.12. The molecular formula is C43H31N3O. The summed E-state index contributed by atoms with van der Waals surface area (Å²) in [5.41, 5.74) is 11.8. The topological polar surface area (TPSA) is 51.8 Å². The van der Waals surface area contributed by atoms with E-state index < -0.39 is 0 Å². The number of fused-ring (bicyclic) bond motifs is 4. The fourth-order valence-electron chi connectivity index (χ4n) is 6.78. The van der Waals surface area contributed by atoms with Crippen molar-refractivity contribution in [2.45, 2.75) is 25.7 Å². The number of allylic oxidation sites excluding steroid dienone is 5. The van der Waals surface area contributed by atoms with Crippen molar-refractivity contribution in [1.82, 2.24) is 15.0 Å². The Balaban J connectivity index is 1.21. The third-order valence-corrected chi connectivity index (χ3v) is 9.23. The molecule has 4 nitrogen and oxygen atoms in total. The van der Waals surface area contributed by atoms with Gasteiger partial charge in [0.1, 0.15) is 11.2 Å². The Hall–Kier alpha value is -5.87. The molecule has 2 aliphatic carbocycles. The van der Waals surface area contributed by atoms with Crippen LogP contribution in [0.1, 0.15) is 36.0 Å². The van der Waals surface area contributed by atoms with E-state index in [1.165, 1.54) is 22.3 Å². The number of rotatable bonds is 5. The summed E-state index contributed by atoms with van der Waals surface area (Å²) in [5, 5.41) is 2.04. The summed E-state index contributed by atoms with van der Waals surface area (Å²) in [6.07, 6.45) is 15.5. The van der Waals surface area contributed by atoms with E-state index in [-0.39, 0.29) is 0 Å². The maximum atomic E-state index is 6.45. The maximum absolute atomic E-state index is 6.45. The second-order valence-electron chi connectivity index (χ2n) is 12.2. The normalized spacial score (nSPS) is 14.0. The van der Waals surface area contributed by atoms with Gasteiger partial charge < -0.3 is 4.42 Å². The van der Waals surface area contributed by atoms with Gasteiger partial charge in [0, 0.05) is 27.5 Å². The summed E-state index contributed by atoms with van der Waals surface area (Å²) >= 11 is 0. The smallest absolute Gasteiger partial charge is 0.164 e. The molecule has 0 unspecified atom stereocenters. The lowest BCUT2D eigenvalue weighted by Crippen LogP contribution is -2.01. The molecule has 2 aromatic heterocycles. The minimum absolute atomic E-state index is 0.626. The highest BCUT2D eigenvalue weighted by atomic mass is 16.3. The van der Waals surface area contributed by atoms with E-state index in [1.807, 2.05) is 18.2 Å². The molecule has 0 radical (unpaired) electrons. The fourth-order valence-corrected chi connectivity index (χ4v) is 6.78. The molecule has 47 heavy (non-hydrogen) atoms. The molecule has 0 saturated heterocycles. The number of aryl methyl sites for hydroxylation is 1. The summed E-state index contributed by atoms with van der Waals surface area (Å²) in [5.74, 6) is 1.93. The molecule has 224 valence electrons. The van der Waals surface area contributed by atoms with E-state index in [0.29, 0.717) is 17.5 Å². The number of benzene rings is 5. The van der Waals surface area contributed by atoms with E-state index in [2.05, 4.69) is 121 Å². The summed E-state index contributed by atoms with van der Waals surface area (Å²) in [7, 11) is 0. The van der Waals surface area contributed by atoms with Crippen molar-refractivity contribution in [1.29, 1.82) is 0 Å².